The molecule has 3 aliphatic rings. The van der Waals surface area contributed by atoms with Gasteiger partial charge in [0.05, 0.1) is 25.7 Å². The molecule has 2 aromatic rings. The van der Waals surface area contributed by atoms with Gasteiger partial charge in [-0.3, -0.25) is 4.79 Å². The molecule has 5 rings (SSSR count). The molecule has 146 valence electrons. The number of aryl methyl sites for hydroxylation is 1. The first kappa shape index (κ1) is 17.2. The zero-order valence-electron chi connectivity index (χ0n) is 15.5. The van der Waals surface area contributed by atoms with Crippen LogP contribution >= 0.6 is 0 Å². The zero-order chi connectivity index (χ0) is 19.6. The number of benzene rings is 2. The fraction of sp³-hybridized carbons (Fsp3) is 0.381. The van der Waals surface area contributed by atoms with Gasteiger partial charge in [-0.15, -0.1) is 0 Å². The van der Waals surface area contributed by atoms with Crippen molar-refractivity contribution in [3.8, 4) is 23.0 Å². The molecule has 0 radical (unpaired) electrons. The minimum Gasteiger partial charge on any atom is -0.504 e. The van der Waals surface area contributed by atoms with Gasteiger partial charge in [0.1, 0.15) is 0 Å². The number of aliphatic hydroxyl groups excluding tert-OH is 1. The predicted octanol–water partition coefficient (Wildman–Crippen LogP) is 2.41. The highest BCUT2D eigenvalue weighted by molar-refractivity contribution is 5.78. The van der Waals surface area contributed by atoms with Gasteiger partial charge in [-0.2, -0.15) is 0 Å². The van der Waals surface area contributed by atoms with Crippen LogP contribution in [0.5, 0.6) is 23.0 Å². The molecule has 1 fully saturated rings. The average Bonchev–Trinajstić information content (AvgIpc) is 3.30. The lowest BCUT2D eigenvalue weighted by atomic mass is 9.66. The van der Waals surface area contributed by atoms with Crippen molar-refractivity contribution in [2.45, 2.75) is 18.9 Å². The molecule has 0 amide bonds. The van der Waals surface area contributed by atoms with Gasteiger partial charge < -0.3 is 29.2 Å². The molecule has 1 aliphatic carbocycles. The number of esters is 1. The maximum atomic E-state index is 12.6. The Kier molecular flexibility index (Phi) is 3.71. The molecule has 0 spiro atoms. The topological polar surface area (TPSA) is 94.5 Å². The lowest BCUT2D eigenvalue weighted by molar-refractivity contribution is -0.141. The normalized spacial score (nSPS) is 27.2. The summed E-state index contributed by atoms with van der Waals surface area (Å²) in [5.74, 6) is -0.00187. The summed E-state index contributed by atoms with van der Waals surface area (Å²) in [5.41, 5.74) is 2.96. The third-order valence-electron chi connectivity index (χ3n) is 6.01. The molecular formula is C21H20O7. The Balaban J connectivity index is 1.75. The molecular weight excluding hydrogens is 364 g/mol. The molecule has 0 bridgehead atoms. The number of phenols is 1. The Hall–Kier alpha value is -2.93. The predicted molar refractivity (Wildman–Crippen MR) is 96.7 cm³/mol. The fourth-order valence-electron chi connectivity index (χ4n) is 4.64. The van der Waals surface area contributed by atoms with Crippen LogP contribution in [0.2, 0.25) is 0 Å². The summed E-state index contributed by atoms with van der Waals surface area (Å²) in [5, 5.41) is 21.2. The molecule has 2 aromatic carbocycles. The van der Waals surface area contributed by atoms with Gasteiger partial charge >= 0.3 is 5.97 Å². The number of hydrogen-bond donors (Lipinski definition) is 2. The van der Waals surface area contributed by atoms with Crippen LogP contribution in [0.25, 0.3) is 0 Å². The molecule has 4 atom stereocenters. The molecule has 0 saturated carbocycles. The van der Waals surface area contributed by atoms with Crippen LogP contribution in [0.15, 0.2) is 24.3 Å². The van der Waals surface area contributed by atoms with Crippen molar-refractivity contribution in [2.24, 2.45) is 11.8 Å². The zero-order valence-corrected chi connectivity index (χ0v) is 15.5. The first-order valence-corrected chi connectivity index (χ1v) is 9.15. The molecule has 0 aromatic heterocycles. The number of cyclic esters (lactones) is 1. The van der Waals surface area contributed by atoms with E-state index < -0.39 is 12.0 Å². The maximum Gasteiger partial charge on any atom is 0.310 e. The molecule has 2 unspecified atom stereocenters. The number of aromatic hydroxyl groups is 1. The van der Waals surface area contributed by atoms with Gasteiger partial charge in [0.2, 0.25) is 6.79 Å². The first-order chi connectivity index (χ1) is 13.5. The molecule has 2 heterocycles. The summed E-state index contributed by atoms with van der Waals surface area (Å²) in [6, 6.07) is 7.21. The number of ether oxygens (including phenoxy) is 4. The highest BCUT2D eigenvalue weighted by Gasteiger charge is 2.52. The second-order valence-electron chi connectivity index (χ2n) is 7.47. The fourth-order valence-corrected chi connectivity index (χ4v) is 4.64. The van der Waals surface area contributed by atoms with Crippen LogP contribution in [0.1, 0.15) is 34.3 Å². The molecule has 2 aliphatic heterocycles. The second-order valence-corrected chi connectivity index (χ2v) is 7.47. The molecule has 7 nitrogen and oxygen atoms in total. The van der Waals surface area contributed by atoms with Crippen LogP contribution in [-0.2, 0) is 9.53 Å². The Bertz CT molecular complexity index is 983. The van der Waals surface area contributed by atoms with Gasteiger partial charge in [0.15, 0.2) is 23.0 Å². The summed E-state index contributed by atoms with van der Waals surface area (Å²) >= 11 is 0. The molecule has 1 saturated heterocycles. The van der Waals surface area contributed by atoms with Crippen LogP contribution in [-0.4, -0.2) is 36.7 Å². The van der Waals surface area contributed by atoms with Gasteiger partial charge in [0, 0.05) is 11.8 Å². The highest BCUT2D eigenvalue weighted by atomic mass is 16.7. The second kappa shape index (κ2) is 6.04. The monoisotopic (exact) mass is 384 g/mol. The summed E-state index contributed by atoms with van der Waals surface area (Å²) < 4.78 is 21.6. The third kappa shape index (κ3) is 2.29. The van der Waals surface area contributed by atoms with E-state index in [1.807, 2.05) is 12.1 Å². The molecule has 28 heavy (non-hydrogen) atoms. The first-order valence-electron chi connectivity index (χ1n) is 9.15. The van der Waals surface area contributed by atoms with E-state index in [4.69, 9.17) is 18.9 Å². The third-order valence-corrected chi connectivity index (χ3v) is 6.01. The quantitative estimate of drug-likeness (QED) is 0.768. The SMILES string of the molecule is COc1cc(C2c3cc4c(cc3[C@@H](O)[C@H]3COC(=O)C23)OCO4)cc(C)c1O. The van der Waals surface area contributed by atoms with Crippen molar-refractivity contribution in [3.63, 3.8) is 0 Å². The Morgan fingerprint density at radius 1 is 1.07 bits per heavy atom. The lowest BCUT2D eigenvalue weighted by Crippen LogP contribution is -2.34. The summed E-state index contributed by atoms with van der Waals surface area (Å²) in [6.45, 7) is 2.08. The van der Waals surface area contributed by atoms with E-state index in [0.29, 0.717) is 28.4 Å². The Morgan fingerprint density at radius 3 is 2.50 bits per heavy atom. The smallest absolute Gasteiger partial charge is 0.310 e. The number of aliphatic hydroxyl groups is 1. The standard InChI is InChI=1S/C21H20O7/c1-9-3-10(4-16(25-2)19(9)22)17-11-5-14-15(28-8-27-14)6-12(11)20(23)13-7-26-21(24)18(13)17/h3-6,13,17-18,20,22-23H,7-8H2,1-2H3/t13-,17?,18?,20+/m0/s1. The number of phenolic OH excluding ortho intramolecular Hbond substituents is 1. The van der Waals surface area contributed by atoms with Crippen molar-refractivity contribution in [1.29, 1.82) is 0 Å². The van der Waals surface area contributed by atoms with Crippen molar-refractivity contribution >= 4 is 5.97 Å². The number of fused-ring (bicyclic) bond motifs is 3. The number of carbonyl (C=O) groups is 1. The Morgan fingerprint density at radius 2 is 1.79 bits per heavy atom. The number of rotatable bonds is 2. The van der Waals surface area contributed by atoms with Crippen molar-refractivity contribution in [2.75, 3.05) is 20.5 Å². The van der Waals surface area contributed by atoms with Crippen LogP contribution in [0.3, 0.4) is 0 Å². The minimum atomic E-state index is -0.836. The van der Waals surface area contributed by atoms with E-state index in [-0.39, 0.29) is 37.0 Å². The molecule has 2 N–H and O–H groups in total. The van der Waals surface area contributed by atoms with E-state index in [1.54, 1.807) is 19.1 Å². The van der Waals surface area contributed by atoms with Crippen LogP contribution in [0.4, 0.5) is 0 Å². The van der Waals surface area contributed by atoms with Crippen LogP contribution < -0.4 is 14.2 Å². The summed E-state index contributed by atoms with van der Waals surface area (Å²) in [4.78, 5) is 12.6. The van der Waals surface area contributed by atoms with Gasteiger partial charge in [-0.1, -0.05) is 6.07 Å². The Labute approximate surface area is 161 Å². The highest BCUT2D eigenvalue weighted by Crippen LogP contribution is 2.54. The van der Waals surface area contributed by atoms with E-state index in [0.717, 1.165) is 11.1 Å². The summed E-state index contributed by atoms with van der Waals surface area (Å²) in [7, 11) is 1.49. The van der Waals surface area contributed by atoms with Crippen molar-refractivity contribution < 1.29 is 34.0 Å². The van der Waals surface area contributed by atoms with E-state index >= 15 is 0 Å². The number of methoxy groups -OCH3 is 1. The number of hydrogen-bond acceptors (Lipinski definition) is 7. The van der Waals surface area contributed by atoms with Gasteiger partial charge in [-0.05, 0) is 47.4 Å². The van der Waals surface area contributed by atoms with Gasteiger partial charge in [0.25, 0.3) is 0 Å². The van der Waals surface area contributed by atoms with Crippen LogP contribution in [0, 0.1) is 18.8 Å². The van der Waals surface area contributed by atoms with Crippen molar-refractivity contribution in [3.05, 3.63) is 46.5 Å². The lowest BCUT2D eigenvalue weighted by Gasteiger charge is -2.37. The van der Waals surface area contributed by atoms with E-state index in [2.05, 4.69) is 0 Å². The number of carbonyl (C=O) groups excluding carboxylic acids is 1. The largest absolute Gasteiger partial charge is 0.504 e. The van der Waals surface area contributed by atoms with Crippen molar-refractivity contribution in [1.82, 2.24) is 0 Å². The van der Waals surface area contributed by atoms with E-state index in [1.165, 1.54) is 7.11 Å². The van der Waals surface area contributed by atoms with Gasteiger partial charge in [-0.25, -0.2) is 0 Å². The average molecular weight is 384 g/mol. The molecule has 7 heteroatoms. The maximum absolute atomic E-state index is 12.6. The summed E-state index contributed by atoms with van der Waals surface area (Å²) in [6.07, 6.45) is -0.836. The minimum absolute atomic E-state index is 0.0681. The van der Waals surface area contributed by atoms with E-state index in [9.17, 15) is 15.0 Å².